The summed E-state index contributed by atoms with van der Waals surface area (Å²) in [5.41, 5.74) is 6.71. The number of hydrogen-bond acceptors (Lipinski definition) is 5. The van der Waals surface area contributed by atoms with Crippen LogP contribution in [0.4, 0.5) is 4.79 Å². The van der Waals surface area contributed by atoms with Crippen molar-refractivity contribution in [3.63, 3.8) is 0 Å². The summed E-state index contributed by atoms with van der Waals surface area (Å²) in [6.45, 7) is 0.672. The lowest BCUT2D eigenvalue weighted by atomic mass is 9.63. The Balaban J connectivity index is 1.59. The van der Waals surface area contributed by atoms with Gasteiger partial charge in [0.2, 0.25) is 5.91 Å². The Hall–Kier alpha value is -2.13. The number of amides is 3. The maximum absolute atomic E-state index is 12.5. The molecule has 9 heteroatoms. The highest BCUT2D eigenvalue weighted by atomic mass is 32.2. The van der Waals surface area contributed by atoms with E-state index in [9.17, 15) is 18.0 Å². The van der Waals surface area contributed by atoms with E-state index in [0.29, 0.717) is 6.54 Å². The van der Waals surface area contributed by atoms with Crippen molar-refractivity contribution in [1.82, 2.24) is 14.7 Å². The SMILES string of the molecule is CN(C)C1(c2ccccc2)CC(CN(CC(=O)N2CCS(=O)(=O)CC2)C(N)=O)C1. The van der Waals surface area contributed by atoms with Gasteiger partial charge in [0.1, 0.15) is 6.54 Å². The summed E-state index contributed by atoms with van der Waals surface area (Å²) in [5.74, 6) is -0.0552. The third kappa shape index (κ3) is 4.72. The fraction of sp³-hybridized carbons (Fsp3) is 0.600. The van der Waals surface area contributed by atoms with Crippen LogP contribution in [0.1, 0.15) is 18.4 Å². The lowest BCUT2D eigenvalue weighted by Gasteiger charge is -2.53. The Bertz CT molecular complexity index is 836. The van der Waals surface area contributed by atoms with Crippen LogP contribution in [0.5, 0.6) is 0 Å². The number of carbonyl (C=O) groups excluding carboxylic acids is 2. The van der Waals surface area contributed by atoms with Crippen molar-refractivity contribution in [2.45, 2.75) is 18.4 Å². The van der Waals surface area contributed by atoms with Gasteiger partial charge >= 0.3 is 6.03 Å². The van der Waals surface area contributed by atoms with Crippen molar-refractivity contribution >= 4 is 21.8 Å². The molecule has 2 aliphatic rings. The van der Waals surface area contributed by atoms with Crippen LogP contribution in [0.2, 0.25) is 0 Å². The highest BCUT2D eigenvalue weighted by molar-refractivity contribution is 7.91. The Morgan fingerprint density at radius 3 is 2.24 bits per heavy atom. The molecule has 1 aromatic rings. The maximum Gasteiger partial charge on any atom is 0.315 e. The number of nitrogens with two attached hydrogens (primary N) is 1. The third-order valence-corrected chi connectivity index (χ3v) is 7.84. The average Bonchev–Trinajstić information content (AvgIpc) is 2.63. The largest absolute Gasteiger partial charge is 0.351 e. The van der Waals surface area contributed by atoms with Crippen molar-refractivity contribution in [2.75, 3.05) is 51.8 Å². The van der Waals surface area contributed by atoms with E-state index < -0.39 is 15.9 Å². The molecule has 1 saturated carbocycles. The molecule has 3 amide bonds. The molecule has 0 unspecified atom stereocenters. The molecular formula is C20H30N4O4S. The van der Waals surface area contributed by atoms with Crippen molar-refractivity contribution in [2.24, 2.45) is 11.7 Å². The van der Waals surface area contributed by atoms with E-state index in [1.807, 2.05) is 18.2 Å². The van der Waals surface area contributed by atoms with Gasteiger partial charge in [-0.1, -0.05) is 30.3 Å². The second-order valence-electron chi connectivity index (χ2n) is 8.32. The van der Waals surface area contributed by atoms with Crippen molar-refractivity contribution in [3.05, 3.63) is 35.9 Å². The Morgan fingerprint density at radius 2 is 1.72 bits per heavy atom. The zero-order valence-electron chi connectivity index (χ0n) is 17.1. The number of rotatable bonds is 6. The molecule has 29 heavy (non-hydrogen) atoms. The summed E-state index contributed by atoms with van der Waals surface area (Å²) in [6.07, 6.45) is 1.76. The lowest BCUT2D eigenvalue weighted by Crippen LogP contribution is -2.56. The first kappa shape index (κ1) is 21.6. The zero-order valence-corrected chi connectivity index (χ0v) is 17.9. The fourth-order valence-corrected chi connectivity index (χ4v) is 5.60. The standard InChI is InChI=1S/C20H30N4O4S/c1-22(2)20(17-6-4-3-5-7-17)12-16(13-20)14-24(19(21)26)15-18(25)23-8-10-29(27,28)11-9-23/h3-7,16H,8-15H2,1-2H3,(H2,21,26). The maximum atomic E-state index is 12.5. The zero-order chi connectivity index (χ0) is 21.2. The van der Waals surface area contributed by atoms with Crippen LogP contribution in [0.25, 0.3) is 0 Å². The molecule has 0 atom stereocenters. The van der Waals surface area contributed by atoms with Crippen LogP contribution in [0.3, 0.4) is 0 Å². The predicted octanol–water partition coefficient (Wildman–Crippen LogP) is 0.491. The second kappa shape index (κ2) is 8.31. The van der Waals surface area contributed by atoms with Crippen LogP contribution >= 0.6 is 0 Å². The van der Waals surface area contributed by atoms with Crippen LogP contribution in [-0.4, -0.2) is 86.8 Å². The molecule has 2 N–H and O–H groups in total. The molecule has 1 heterocycles. The molecule has 1 aromatic carbocycles. The molecule has 0 spiro atoms. The number of primary amides is 1. The topological polar surface area (TPSA) is 104 Å². The summed E-state index contributed by atoms with van der Waals surface area (Å²) in [4.78, 5) is 29.6. The molecule has 8 nitrogen and oxygen atoms in total. The number of sulfone groups is 1. The second-order valence-corrected chi connectivity index (χ2v) is 10.6. The van der Waals surface area contributed by atoms with Crippen LogP contribution < -0.4 is 5.73 Å². The monoisotopic (exact) mass is 422 g/mol. The summed E-state index contributed by atoms with van der Waals surface area (Å²) >= 11 is 0. The lowest BCUT2D eigenvalue weighted by molar-refractivity contribution is -0.131. The highest BCUT2D eigenvalue weighted by Crippen LogP contribution is 2.49. The summed E-state index contributed by atoms with van der Waals surface area (Å²) in [7, 11) is 1.06. The fourth-order valence-electron chi connectivity index (χ4n) is 4.40. The van der Waals surface area contributed by atoms with E-state index in [2.05, 4.69) is 31.1 Å². The smallest absolute Gasteiger partial charge is 0.315 e. The van der Waals surface area contributed by atoms with Crippen LogP contribution in [0, 0.1) is 5.92 Å². The Kier molecular flexibility index (Phi) is 6.19. The van der Waals surface area contributed by atoms with Gasteiger partial charge in [-0.05, 0) is 38.4 Å². The van der Waals surface area contributed by atoms with Gasteiger partial charge in [0, 0.05) is 25.2 Å². The van der Waals surface area contributed by atoms with E-state index in [4.69, 9.17) is 5.73 Å². The predicted molar refractivity (Wildman–Crippen MR) is 111 cm³/mol. The van der Waals surface area contributed by atoms with Crippen LogP contribution in [0.15, 0.2) is 30.3 Å². The van der Waals surface area contributed by atoms with E-state index >= 15 is 0 Å². The minimum Gasteiger partial charge on any atom is -0.351 e. The molecule has 0 aromatic heterocycles. The molecule has 0 bridgehead atoms. The average molecular weight is 423 g/mol. The molecule has 3 rings (SSSR count). The van der Waals surface area contributed by atoms with Crippen molar-refractivity contribution < 1.29 is 18.0 Å². The first-order chi connectivity index (χ1) is 13.6. The van der Waals surface area contributed by atoms with Crippen molar-refractivity contribution in [3.8, 4) is 0 Å². The van der Waals surface area contributed by atoms with Gasteiger partial charge in [-0.3, -0.25) is 9.69 Å². The van der Waals surface area contributed by atoms with Gasteiger partial charge in [-0.25, -0.2) is 13.2 Å². The number of urea groups is 1. The first-order valence-corrected chi connectivity index (χ1v) is 11.7. The third-order valence-electron chi connectivity index (χ3n) is 6.23. The summed E-state index contributed by atoms with van der Waals surface area (Å²) < 4.78 is 23.1. The molecule has 160 valence electrons. The van der Waals surface area contributed by atoms with E-state index in [1.54, 1.807) is 0 Å². The Morgan fingerprint density at radius 1 is 1.14 bits per heavy atom. The van der Waals surface area contributed by atoms with E-state index in [0.717, 1.165) is 12.8 Å². The summed E-state index contributed by atoms with van der Waals surface area (Å²) in [6, 6.07) is 9.67. The van der Waals surface area contributed by atoms with Gasteiger partial charge < -0.3 is 15.5 Å². The number of nitrogens with zero attached hydrogens (tertiary/aromatic N) is 3. The van der Waals surface area contributed by atoms with Gasteiger partial charge in [0.25, 0.3) is 0 Å². The van der Waals surface area contributed by atoms with E-state index in [-0.39, 0.29) is 48.5 Å². The normalized spacial score (nSPS) is 26.0. The first-order valence-electron chi connectivity index (χ1n) is 9.88. The van der Waals surface area contributed by atoms with Crippen molar-refractivity contribution in [1.29, 1.82) is 0 Å². The van der Waals surface area contributed by atoms with Gasteiger partial charge in [-0.2, -0.15) is 0 Å². The van der Waals surface area contributed by atoms with Gasteiger partial charge in [0.05, 0.1) is 11.5 Å². The minimum absolute atomic E-state index is 0.0274. The molecule has 1 aliphatic carbocycles. The van der Waals surface area contributed by atoms with E-state index in [1.165, 1.54) is 15.4 Å². The number of hydrogen-bond donors (Lipinski definition) is 1. The summed E-state index contributed by atoms with van der Waals surface area (Å²) in [5, 5.41) is 0. The molecule has 1 aliphatic heterocycles. The van der Waals surface area contributed by atoms with Gasteiger partial charge in [0.15, 0.2) is 9.84 Å². The molecule has 1 saturated heterocycles. The molecule has 0 radical (unpaired) electrons. The minimum atomic E-state index is -3.06. The Labute approximate surface area is 172 Å². The molecular weight excluding hydrogens is 392 g/mol. The van der Waals surface area contributed by atoms with Gasteiger partial charge in [-0.15, -0.1) is 0 Å². The highest BCUT2D eigenvalue weighted by Gasteiger charge is 2.47. The number of carbonyl (C=O) groups is 2. The molecule has 2 fully saturated rings. The van der Waals surface area contributed by atoms with Crippen LogP contribution in [-0.2, 0) is 20.2 Å². The number of benzene rings is 1. The quantitative estimate of drug-likeness (QED) is 0.719.